The van der Waals surface area contributed by atoms with Crippen LogP contribution in [0.5, 0.6) is 0 Å². The van der Waals surface area contributed by atoms with E-state index in [9.17, 15) is 5.11 Å². The normalized spacial score (nSPS) is 34.2. The maximum atomic E-state index is 10.9. The van der Waals surface area contributed by atoms with Crippen LogP contribution < -0.4 is 0 Å². The molecule has 0 radical (unpaired) electrons. The van der Waals surface area contributed by atoms with E-state index < -0.39 is 5.60 Å². The van der Waals surface area contributed by atoms with Gasteiger partial charge in [0.1, 0.15) is 5.60 Å². The molecule has 2 nitrogen and oxygen atoms in total. The van der Waals surface area contributed by atoms with Crippen molar-refractivity contribution in [3.63, 3.8) is 0 Å². The van der Waals surface area contributed by atoms with Gasteiger partial charge in [0, 0.05) is 18.6 Å². The number of aryl methyl sites for hydroxylation is 1. The molecule has 2 heteroatoms. The Balaban J connectivity index is 1.90. The van der Waals surface area contributed by atoms with Gasteiger partial charge >= 0.3 is 0 Å². The topological polar surface area (TPSA) is 23.5 Å². The maximum Gasteiger partial charge on any atom is 0.104 e. The zero-order chi connectivity index (χ0) is 12.0. The second kappa shape index (κ2) is 3.82. The molecule has 1 saturated carbocycles. The van der Waals surface area contributed by atoms with Crippen molar-refractivity contribution in [2.45, 2.75) is 50.8 Å². The van der Waals surface area contributed by atoms with E-state index in [-0.39, 0.29) is 0 Å². The highest BCUT2D eigenvalue weighted by Crippen LogP contribution is 2.42. The van der Waals surface area contributed by atoms with Crippen molar-refractivity contribution in [2.24, 2.45) is 0 Å². The van der Waals surface area contributed by atoms with Gasteiger partial charge in [0.15, 0.2) is 0 Å². The summed E-state index contributed by atoms with van der Waals surface area (Å²) in [6.45, 7) is 5.15. The number of β-amino-alcohol motifs (C(OH)–C–C–N with tert-alkyl or cyclic N) is 1. The highest BCUT2D eigenvalue weighted by Gasteiger charge is 2.47. The highest BCUT2D eigenvalue weighted by atomic mass is 16.3. The Kier molecular flexibility index (Phi) is 2.53. The average molecular weight is 231 g/mol. The first-order chi connectivity index (χ1) is 8.10. The lowest BCUT2D eigenvalue weighted by Crippen LogP contribution is -2.33. The predicted octanol–water partition coefficient (Wildman–Crippen LogP) is 2.44. The summed E-state index contributed by atoms with van der Waals surface area (Å²) in [6.07, 6.45) is 3.50. The predicted molar refractivity (Wildman–Crippen MR) is 68.9 cm³/mol. The number of aliphatic hydroxyl groups is 1. The van der Waals surface area contributed by atoms with Crippen molar-refractivity contribution in [1.82, 2.24) is 4.90 Å². The molecule has 2 atom stereocenters. The van der Waals surface area contributed by atoms with Crippen molar-refractivity contribution in [3.8, 4) is 0 Å². The zero-order valence-corrected chi connectivity index (χ0v) is 10.7. The minimum absolute atomic E-state index is 0.507. The van der Waals surface area contributed by atoms with Gasteiger partial charge < -0.3 is 5.11 Å². The third-order valence-electron chi connectivity index (χ3n) is 4.31. The molecule has 0 amide bonds. The summed E-state index contributed by atoms with van der Waals surface area (Å²) in [5.74, 6) is 0. The van der Waals surface area contributed by atoms with Crippen LogP contribution in [0.15, 0.2) is 24.3 Å². The van der Waals surface area contributed by atoms with Gasteiger partial charge in [-0.05, 0) is 44.2 Å². The van der Waals surface area contributed by atoms with E-state index in [1.54, 1.807) is 0 Å². The molecular weight excluding hydrogens is 210 g/mol. The van der Waals surface area contributed by atoms with E-state index >= 15 is 0 Å². The molecule has 17 heavy (non-hydrogen) atoms. The van der Waals surface area contributed by atoms with Crippen LogP contribution in [0.25, 0.3) is 0 Å². The van der Waals surface area contributed by atoms with Crippen molar-refractivity contribution in [3.05, 3.63) is 35.4 Å². The van der Waals surface area contributed by atoms with Crippen molar-refractivity contribution < 1.29 is 5.11 Å². The second-order valence-electron chi connectivity index (χ2n) is 5.80. The van der Waals surface area contributed by atoms with E-state index in [1.165, 1.54) is 18.4 Å². The van der Waals surface area contributed by atoms with Crippen LogP contribution in [-0.4, -0.2) is 28.6 Å². The molecule has 1 aliphatic carbocycles. The molecule has 3 rings (SSSR count). The molecule has 1 heterocycles. The summed E-state index contributed by atoms with van der Waals surface area (Å²) in [6, 6.07) is 9.50. The number of hydrogen-bond donors (Lipinski definition) is 1. The summed E-state index contributed by atoms with van der Waals surface area (Å²) in [5.41, 5.74) is 1.70. The van der Waals surface area contributed by atoms with Crippen LogP contribution in [0.4, 0.5) is 0 Å². The first-order valence-corrected chi connectivity index (χ1v) is 6.64. The molecule has 1 aliphatic heterocycles. The van der Waals surface area contributed by atoms with Gasteiger partial charge in [-0.25, -0.2) is 0 Å². The molecule has 92 valence electrons. The summed E-state index contributed by atoms with van der Waals surface area (Å²) in [4.78, 5) is 2.49. The number of hydrogen-bond acceptors (Lipinski definition) is 2. The molecule has 1 saturated heterocycles. The Morgan fingerprint density at radius 3 is 2.65 bits per heavy atom. The summed E-state index contributed by atoms with van der Waals surface area (Å²) in [5, 5.41) is 10.9. The van der Waals surface area contributed by atoms with Crippen molar-refractivity contribution in [1.29, 1.82) is 0 Å². The van der Waals surface area contributed by atoms with Gasteiger partial charge in [0.25, 0.3) is 0 Å². The Bertz CT molecular complexity index is 427. The largest absolute Gasteiger partial charge is 0.384 e. The van der Waals surface area contributed by atoms with E-state index in [1.807, 2.05) is 12.1 Å². The zero-order valence-electron chi connectivity index (χ0n) is 10.7. The smallest absolute Gasteiger partial charge is 0.104 e. The third kappa shape index (κ3) is 1.90. The fourth-order valence-corrected chi connectivity index (χ4v) is 3.31. The lowest BCUT2D eigenvalue weighted by atomic mass is 9.88. The summed E-state index contributed by atoms with van der Waals surface area (Å²) >= 11 is 0. The molecule has 0 bridgehead atoms. The summed E-state index contributed by atoms with van der Waals surface area (Å²) in [7, 11) is 0. The van der Waals surface area contributed by atoms with Crippen LogP contribution >= 0.6 is 0 Å². The molecule has 2 aliphatic rings. The molecule has 2 unspecified atom stereocenters. The summed E-state index contributed by atoms with van der Waals surface area (Å²) < 4.78 is 0. The number of benzene rings is 1. The van der Waals surface area contributed by atoms with Crippen LogP contribution in [0.3, 0.4) is 0 Å². The van der Waals surface area contributed by atoms with Crippen molar-refractivity contribution >= 4 is 0 Å². The SMILES string of the molecule is Cc1ccccc1C1(O)CC(C)N(C2CC2)C1. The quantitative estimate of drug-likeness (QED) is 0.845. The van der Waals surface area contributed by atoms with Gasteiger partial charge in [-0.1, -0.05) is 24.3 Å². The van der Waals surface area contributed by atoms with Gasteiger partial charge in [0.2, 0.25) is 0 Å². The lowest BCUT2D eigenvalue weighted by molar-refractivity contribution is 0.0445. The first-order valence-electron chi connectivity index (χ1n) is 6.64. The number of nitrogens with zero attached hydrogens (tertiary/aromatic N) is 1. The van der Waals surface area contributed by atoms with Crippen LogP contribution in [-0.2, 0) is 5.60 Å². The molecule has 1 aromatic rings. The fourth-order valence-electron chi connectivity index (χ4n) is 3.31. The maximum absolute atomic E-state index is 10.9. The Morgan fingerprint density at radius 1 is 1.29 bits per heavy atom. The third-order valence-corrected chi connectivity index (χ3v) is 4.31. The van der Waals surface area contributed by atoms with E-state index in [0.29, 0.717) is 6.04 Å². The van der Waals surface area contributed by atoms with Gasteiger partial charge in [0.05, 0.1) is 0 Å². The Morgan fingerprint density at radius 2 is 2.00 bits per heavy atom. The van der Waals surface area contributed by atoms with Gasteiger partial charge in [-0.2, -0.15) is 0 Å². The molecule has 1 N–H and O–H groups in total. The Labute approximate surface area is 103 Å². The van der Waals surface area contributed by atoms with E-state index in [0.717, 1.165) is 24.6 Å². The van der Waals surface area contributed by atoms with Crippen molar-refractivity contribution in [2.75, 3.05) is 6.54 Å². The molecule has 0 spiro atoms. The van der Waals surface area contributed by atoms with Gasteiger partial charge in [-0.15, -0.1) is 0 Å². The minimum Gasteiger partial charge on any atom is -0.384 e. The van der Waals surface area contributed by atoms with Crippen LogP contribution in [0, 0.1) is 6.92 Å². The standard InChI is InChI=1S/C15H21NO/c1-11-5-3-4-6-14(11)15(17)9-12(2)16(10-15)13-7-8-13/h3-6,12-13,17H,7-10H2,1-2H3. The first kappa shape index (κ1) is 11.2. The molecule has 2 fully saturated rings. The fraction of sp³-hybridized carbons (Fsp3) is 0.600. The van der Waals surface area contributed by atoms with Gasteiger partial charge in [-0.3, -0.25) is 4.90 Å². The van der Waals surface area contributed by atoms with Crippen LogP contribution in [0.2, 0.25) is 0 Å². The molecular formula is C15H21NO. The number of rotatable bonds is 2. The second-order valence-corrected chi connectivity index (χ2v) is 5.80. The van der Waals surface area contributed by atoms with E-state index in [4.69, 9.17) is 0 Å². The lowest BCUT2D eigenvalue weighted by Gasteiger charge is -2.25. The monoisotopic (exact) mass is 231 g/mol. The molecule has 0 aromatic heterocycles. The van der Waals surface area contributed by atoms with E-state index in [2.05, 4.69) is 30.9 Å². The number of likely N-dealkylation sites (tertiary alicyclic amines) is 1. The Hall–Kier alpha value is -0.860. The highest BCUT2D eigenvalue weighted by molar-refractivity contribution is 5.33. The average Bonchev–Trinajstić information content (AvgIpc) is 3.06. The van der Waals surface area contributed by atoms with Crippen LogP contribution in [0.1, 0.15) is 37.3 Å². The molecule has 1 aromatic carbocycles. The minimum atomic E-state index is -0.632.